The number of halogens is 2. The van der Waals surface area contributed by atoms with Gasteiger partial charge in [-0.25, -0.2) is 4.79 Å². The molecule has 1 aromatic carbocycles. The van der Waals surface area contributed by atoms with Crippen LogP contribution >= 0.6 is 27.5 Å². The van der Waals surface area contributed by atoms with Crippen LogP contribution in [-0.2, 0) is 4.79 Å². The predicted molar refractivity (Wildman–Crippen MR) is 64.4 cm³/mol. The monoisotopic (exact) mass is 289 g/mol. The number of carboxylic acids is 1. The van der Waals surface area contributed by atoms with Gasteiger partial charge >= 0.3 is 5.97 Å². The van der Waals surface area contributed by atoms with Gasteiger partial charge in [0.1, 0.15) is 6.04 Å². The molecule has 3 nitrogen and oxygen atoms in total. The molecule has 0 aliphatic rings. The zero-order valence-corrected chi connectivity index (χ0v) is 10.0. The summed E-state index contributed by atoms with van der Waals surface area (Å²) in [4.78, 5) is 10.7. The average Bonchev–Trinajstić information content (AvgIpc) is 2.18. The van der Waals surface area contributed by atoms with E-state index in [2.05, 4.69) is 27.8 Å². The standard InChI is InChI=1S/C10H9BrClNO2/c1-2-8(10(14)15)13-9-5-6(11)3-4-7(9)12/h2-5,8,13H,1H2,(H,14,15). The van der Waals surface area contributed by atoms with Gasteiger partial charge in [0.15, 0.2) is 0 Å². The summed E-state index contributed by atoms with van der Waals surface area (Å²) in [7, 11) is 0. The largest absolute Gasteiger partial charge is 0.479 e. The third kappa shape index (κ3) is 3.25. The first-order valence-corrected chi connectivity index (χ1v) is 5.28. The summed E-state index contributed by atoms with van der Waals surface area (Å²) in [6, 6.07) is 4.31. The van der Waals surface area contributed by atoms with Crippen molar-refractivity contribution in [3.63, 3.8) is 0 Å². The lowest BCUT2D eigenvalue weighted by molar-refractivity contribution is -0.136. The number of nitrogens with one attached hydrogen (secondary N) is 1. The molecule has 15 heavy (non-hydrogen) atoms. The Kier molecular flexibility index (Phi) is 4.17. The maximum absolute atomic E-state index is 10.7. The Morgan fingerprint density at radius 1 is 1.67 bits per heavy atom. The van der Waals surface area contributed by atoms with E-state index >= 15 is 0 Å². The maximum Gasteiger partial charge on any atom is 0.330 e. The van der Waals surface area contributed by atoms with Gasteiger partial charge in [0.25, 0.3) is 0 Å². The van der Waals surface area contributed by atoms with Gasteiger partial charge in [0, 0.05) is 4.47 Å². The Bertz CT molecular complexity index is 395. The van der Waals surface area contributed by atoms with Crippen molar-refractivity contribution in [1.82, 2.24) is 0 Å². The van der Waals surface area contributed by atoms with Gasteiger partial charge in [-0.15, -0.1) is 6.58 Å². The second-order valence-corrected chi connectivity index (χ2v) is 4.14. The third-order valence-electron chi connectivity index (χ3n) is 1.74. The lowest BCUT2D eigenvalue weighted by Gasteiger charge is -2.13. The van der Waals surface area contributed by atoms with Crippen LogP contribution in [0.2, 0.25) is 5.02 Å². The quantitative estimate of drug-likeness (QED) is 0.838. The number of rotatable bonds is 4. The van der Waals surface area contributed by atoms with Gasteiger partial charge in [0.05, 0.1) is 10.7 Å². The fourth-order valence-electron chi connectivity index (χ4n) is 0.997. The molecule has 0 saturated heterocycles. The second-order valence-electron chi connectivity index (χ2n) is 2.82. The summed E-state index contributed by atoms with van der Waals surface area (Å²) >= 11 is 9.16. The van der Waals surface area contributed by atoms with Gasteiger partial charge in [-0.2, -0.15) is 0 Å². The number of aliphatic carboxylic acids is 1. The van der Waals surface area contributed by atoms with E-state index in [1.165, 1.54) is 6.08 Å². The molecule has 0 radical (unpaired) electrons. The van der Waals surface area contributed by atoms with Crippen LogP contribution in [0.4, 0.5) is 5.69 Å². The summed E-state index contributed by atoms with van der Waals surface area (Å²) < 4.78 is 0.822. The molecule has 1 unspecified atom stereocenters. The molecule has 0 heterocycles. The highest BCUT2D eigenvalue weighted by molar-refractivity contribution is 9.10. The zero-order chi connectivity index (χ0) is 11.4. The summed E-state index contributed by atoms with van der Waals surface area (Å²) in [5.74, 6) is -0.999. The number of carboxylic acid groups (broad SMARTS) is 1. The number of carbonyl (C=O) groups is 1. The van der Waals surface area contributed by atoms with Crippen LogP contribution in [-0.4, -0.2) is 17.1 Å². The molecule has 80 valence electrons. The molecule has 0 fully saturated rings. The first kappa shape index (κ1) is 12.1. The minimum atomic E-state index is -0.999. The minimum absolute atomic E-state index is 0.464. The zero-order valence-electron chi connectivity index (χ0n) is 7.71. The molecular formula is C10H9BrClNO2. The van der Waals surface area contributed by atoms with Crippen LogP contribution in [0.1, 0.15) is 0 Å². The highest BCUT2D eigenvalue weighted by Crippen LogP contribution is 2.26. The van der Waals surface area contributed by atoms with E-state index in [1.807, 2.05) is 0 Å². The van der Waals surface area contributed by atoms with E-state index in [0.29, 0.717) is 10.7 Å². The van der Waals surface area contributed by atoms with Crippen molar-refractivity contribution in [3.05, 3.63) is 40.3 Å². The normalized spacial score (nSPS) is 11.9. The predicted octanol–water partition coefficient (Wildman–Crippen LogP) is 3.15. The highest BCUT2D eigenvalue weighted by Gasteiger charge is 2.13. The van der Waals surface area contributed by atoms with Gasteiger partial charge in [-0.05, 0) is 18.2 Å². The van der Waals surface area contributed by atoms with E-state index in [1.54, 1.807) is 18.2 Å². The first-order chi connectivity index (χ1) is 7.04. The molecule has 1 rings (SSSR count). The molecule has 0 aliphatic carbocycles. The molecule has 1 atom stereocenters. The summed E-state index contributed by atoms with van der Waals surface area (Å²) in [5, 5.41) is 12.0. The molecule has 0 aromatic heterocycles. The number of hydrogen-bond acceptors (Lipinski definition) is 2. The highest BCUT2D eigenvalue weighted by atomic mass is 79.9. The van der Waals surface area contributed by atoms with Crippen molar-refractivity contribution < 1.29 is 9.90 Å². The Balaban J connectivity index is 2.92. The Morgan fingerprint density at radius 3 is 2.87 bits per heavy atom. The first-order valence-electron chi connectivity index (χ1n) is 4.11. The average molecular weight is 291 g/mol. The molecule has 0 bridgehead atoms. The molecule has 1 aromatic rings. The maximum atomic E-state index is 10.7. The van der Waals surface area contributed by atoms with E-state index in [4.69, 9.17) is 16.7 Å². The van der Waals surface area contributed by atoms with Crippen molar-refractivity contribution >= 4 is 39.2 Å². The van der Waals surface area contributed by atoms with E-state index in [-0.39, 0.29) is 0 Å². The number of benzene rings is 1. The van der Waals surface area contributed by atoms with Crippen molar-refractivity contribution in [2.45, 2.75) is 6.04 Å². The van der Waals surface area contributed by atoms with Crippen LogP contribution in [0.15, 0.2) is 35.3 Å². The van der Waals surface area contributed by atoms with E-state index < -0.39 is 12.0 Å². The number of hydrogen-bond donors (Lipinski definition) is 2. The van der Waals surface area contributed by atoms with E-state index in [9.17, 15) is 4.79 Å². The van der Waals surface area contributed by atoms with Crippen molar-refractivity contribution in [2.24, 2.45) is 0 Å². The van der Waals surface area contributed by atoms with Gasteiger partial charge in [-0.1, -0.05) is 33.6 Å². The molecular weight excluding hydrogens is 281 g/mol. The summed E-state index contributed by atoms with van der Waals surface area (Å²) in [6.45, 7) is 3.43. The molecule has 0 spiro atoms. The minimum Gasteiger partial charge on any atom is -0.479 e. The summed E-state index contributed by atoms with van der Waals surface area (Å²) in [6.07, 6.45) is 1.31. The van der Waals surface area contributed by atoms with E-state index in [0.717, 1.165) is 4.47 Å². The fraction of sp³-hybridized carbons (Fsp3) is 0.100. The summed E-state index contributed by atoms with van der Waals surface area (Å²) in [5.41, 5.74) is 0.554. The van der Waals surface area contributed by atoms with Crippen LogP contribution in [0, 0.1) is 0 Å². The molecule has 0 aliphatic heterocycles. The van der Waals surface area contributed by atoms with Crippen LogP contribution in [0.5, 0.6) is 0 Å². The van der Waals surface area contributed by atoms with Crippen LogP contribution in [0.3, 0.4) is 0 Å². The van der Waals surface area contributed by atoms with Crippen molar-refractivity contribution in [2.75, 3.05) is 5.32 Å². The third-order valence-corrected chi connectivity index (χ3v) is 2.56. The van der Waals surface area contributed by atoms with Gasteiger partial charge in [-0.3, -0.25) is 0 Å². The van der Waals surface area contributed by atoms with Crippen molar-refractivity contribution in [1.29, 1.82) is 0 Å². The lowest BCUT2D eigenvalue weighted by Crippen LogP contribution is -2.26. The van der Waals surface area contributed by atoms with Crippen molar-refractivity contribution in [3.8, 4) is 0 Å². The SMILES string of the molecule is C=CC(Nc1cc(Br)ccc1Cl)C(=O)O. The lowest BCUT2D eigenvalue weighted by atomic mass is 10.2. The van der Waals surface area contributed by atoms with Crippen LogP contribution < -0.4 is 5.32 Å². The molecule has 2 N–H and O–H groups in total. The molecule has 5 heteroatoms. The molecule has 0 amide bonds. The van der Waals surface area contributed by atoms with Gasteiger partial charge in [0.2, 0.25) is 0 Å². The Hall–Kier alpha value is -1.00. The number of anilines is 1. The smallest absolute Gasteiger partial charge is 0.330 e. The molecule has 0 saturated carbocycles. The van der Waals surface area contributed by atoms with Gasteiger partial charge < -0.3 is 10.4 Å². The Morgan fingerprint density at radius 2 is 2.33 bits per heavy atom. The van der Waals surface area contributed by atoms with Crippen LogP contribution in [0.25, 0.3) is 0 Å². The topological polar surface area (TPSA) is 49.3 Å². The second kappa shape index (κ2) is 5.19. The fourth-order valence-corrected chi connectivity index (χ4v) is 1.53. The Labute approximate surface area is 101 Å².